The third kappa shape index (κ3) is 3.14. The van der Waals surface area contributed by atoms with Gasteiger partial charge in [-0.15, -0.1) is 0 Å². The fourth-order valence-corrected chi connectivity index (χ4v) is 3.42. The molecule has 0 saturated heterocycles. The van der Waals surface area contributed by atoms with Crippen molar-refractivity contribution in [2.24, 2.45) is 11.8 Å². The maximum atomic E-state index is 10.5. The molecule has 1 heterocycles. The molecule has 1 aliphatic carbocycles. The highest BCUT2D eigenvalue weighted by Crippen LogP contribution is 2.42. The molecule has 1 aromatic heterocycles. The van der Waals surface area contributed by atoms with Gasteiger partial charge in [0, 0.05) is 6.20 Å². The van der Waals surface area contributed by atoms with Crippen molar-refractivity contribution in [3.8, 4) is 5.75 Å². The number of rotatable bonds is 4. The van der Waals surface area contributed by atoms with E-state index in [1.807, 2.05) is 13.1 Å². The summed E-state index contributed by atoms with van der Waals surface area (Å²) >= 11 is 0. The molecule has 0 radical (unpaired) electrons. The van der Waals surface area contributed by atoms with E-state index in [1.54, 1.807) is 6.20 Å². The van der Waals surface area contributed by atoms with Gasteiger partial charge in [0.2, 0.25) is 0 Å². The van der Waals surface area contributed by atoms with Crippen molar-refractivity contribution in [3.63, 3.8) is 0 Å². The molecule has 0 amide bonds. The van der Waals surface area contributed by atoms with Gasteiger partial charge in [-0.25, -0.2) is 0 Å². The highest BCUT2D eigenvalue weighted by atomic mass is 16.5. The highest BCUT2D eigenvalue weighted by molar-refractivity contribution is 5.30. The zero-order valence-electron chi connectivity index (χ0n) is 13.1. The fraction of sp³-hybridized carbons (Fsp3) is 0.706. The number of pyridine rings is 1. The van der Waals surface area contributed by atoms with Crippen LogP contribution in [0, 0.1) is 11.8 Å². The van der Waals surface area contributed by atoms with Gasteiger partial charge in [0.15, 0.2) is 0 Å². The van der Waals surface area contributed by atoms with Crippen LogP contribution in [0.25, 0.3) is 0 Å². The molecule has 1 saturated carbocycles. The Hall–Kier alpha value is -1.09. The molecule has 112 valence electrons. The molecule has 3 nitrogen and oxygen atoms in total. The zero-order valence-corrected chi connectivity index (χ0v) is 13.1. The summed E-state index contributed by atoms with van der Waals surface area (Å²) in [5, 5.41) is 10.5. The number of aromatic nitrogens is 1. The molecule has 3 heteroatoms. The third-order valence-corrected chi connectivity index (χ3v) is 4.77. The van der Waals surface area contributed by atoms with Crippen LogP contribution in [0.15, 0.2) is 18.5 Å². The molecule has 3 unspecified atom stereocenters. The van der Waals surface area contributed by atoms with Crippen LogP contribution in [0.1, 0.15) is 52.5 Å². The first-order chi connectivity index (χ1) is 9.45. The van der Waals surface area contributed by atoms with Crippen LogP contribution in [0.5, 0.6) is 5.75 Å². The molecular weight excluding hydrogens is 250 g/mol. The van der Waals surface area contributed by atoms with Gasteiger partial charge >= 0.3 is 0 Å². The summed E-state index contributed by atoms with van der Waals surface area (Å²) in [6.45, 7) is 9.27. The van der Waals surface area contributed by atoms with Gasteiger partial charge in [0.25, 0.3) is 0 Å². The van der Waals surface area contributed by atoms with Crippen molar-refractivity contribution in [2.75, 3.05) is 6.61 Å². The van der Waals surface area contributed by atoms with Gasteiger partial charge in [0.1, 0.15) is 5.75 Å². The van der Waals surface area contributed by atoms with Crippen LogP contribution in [0.2, 0.25) is 0 Å². The second-order valence-electron chi connectivity index (χ2n) is 6.66. The average molecular weight is 277 g/mol. The first kappa shape index (κ1) is 15.3. The van der Waals surface area contributed by atoms with Crippen molar-refractivity contribution >= 4 is 0 Å². The highest BCUT2D eigenvalue weighted by Gasteiger charge is 2.39. The Balaban J connectivity index is 2.22. The van der Waals surface area contributed by atoms with E-state index < -0.39 is 0 Å². The number of ether oxygens (including phenoxy) is 1. The Morgan fingerprint density at radius 1 is 1.35 bits per heavy atom. The lowest BCUT2D eigenvalue weighted by Crippen LogP contribution is -2.41. The number of nitrogens with zero attached hydrogens (tertiary/aromatic N) is 1. The number of aliphatic hydroxyl groups is 1. The lowest BCUT2D eigenvalue weighted by molar-refractivity contribution is 0.0142. The first-order valence-corrected chi connectivity index (χ1v) is 7.71. The van der Waals surface area contributed by atoms with Crippen LogP contribution in [-0.4, -0.2) is 22.8 Å². The molecule has 0 aromatic carbocycles. The van der Waals surface area contributed by atoms with Gasteiger partial charge < -0.3 is 9.84 Å². The summed E-state index contributed by atoms with van der Waals surface area (Å²) in [6, 6.07) is 2.07. The topological polar surface area (TPSA) is 42.4 Å². The molecule has 1 aliphatic rings. The van der Waals surface area contributed by atoms with Crippen molar-refractivity contribution in [2.45, 2.75) is 58.5 Å². The average Bonchev–Trinajstić information content (AvgIpc) is 2.39. The van der Waals surface area contributed by atoms with Crippen molar-refractivity contribution in [3.05, 3.63) is 24.0 Å². The molecule has 0 aliphatic heterocycles. The summed E-state index contributed by atoms with van der Waals surface area (Å²) in [7, 11) is 0. The monoisotopic (exact) mass is 277 g/mol. The van der Waals surface area contributed by atoms with Crippen molar-refractivity contribution < 1.29 is 9.84 Å². The van der Waals surface area contributed by atoms with Crippen LogP contribution < -0.4 is 4.74 Å². The Morgan fingerprint density at radius 2 is 2.10 bits per heavy atom. The van der Waals surface area contributed by atoms with Gasteiger partial charge in [-0.05, 0) is 48.6 Å². The predicted molar refractivity (Wildman–Crippen MR) is 80.9 cm³/mol. The van der Waals surface area contributed by atoms with Crippen LogP contribution >= 0.6 is 0 Å². The molecule has 0 spiro atoms. The number of hydrogen-bond donors (Lipinski definition) is 1. The van der Waals surface area contributed by atoms with E-state index in [9.17, 15) is 5.11 Å². The summed E-state index contributed by atoms with van der Waals surface area (Å²) in [5.74, 6) is 1.74. The van der Waals surface area contributed by atoms with Crippen molar-refractivity contribution in [1.29, 1.82) is 0 Å². The largest absolute Gasteiger partial charge is 0.492 e. The standard InChI is InChI=1S/C17H27NO2/c1-5-20-14-9-13(10-18-11-14)17(3,4)15-7-6-12(2)8-16(15)19/h9-12,15-16,19H,5-8H2,1-4H3. The normalized spacial score (nSPS) is 27.4. The van der Waals surface area contributed by atoms with Gasteiger partial charge in [-0.3, -0.25) is 4.98 Å². The Labute approximate surface area is 122 Å². The first-order valence-electron chi connectivity index (χ1n) is 7.71. The molecular formula is C17H27NO2. The van der Waals surface area contributed by atoms with E-state index in [2.05, 4.69) is 31.8 Å². The van der Waals surface area contributed by atoms with E-state index in [0.717, 1.165) is 24.2 Å². The van der Waals surface area contributed by atoms with Crippen LogP contribution in [0.3, 0.4) is 0 Å². The molecule has 0 bridgehead atoms. The second kappa shape index (κ2) is 6.13. The summed E-state index contributed by atoms with van der Waals surface area (Å²) in [4.78, 5) is 4.30. The van der Waals surface area contributed by atoms with Gasteiger partial charge in [-0.1, -0.05) is 27.2 Å². The SMILES string of the molecule is CCOc1cncc(C(C)(C)C2CCC(C)CC2O)c1. The lowest BCUT2D eigenvalue weighted by Gasteiger charge is -2.42. The predicted octanol–water partition coefficient (Wildman–Crippen LogP) is 3.56. The number of aliphatic hydroxyl groups excluding tert-OH is 1. The van der Waals surface area contributed by atoms with E-state index >= 15 is 0 Å². The summed E-state index contributed by atoms with van der Waals surface area (Å²) in [5.41, 5.74) is 1.07. The smallest absolute Gasteiger partial charge is 0.137 e. The van der Waals surface area contributed by atoms with E-state index in [4.69, 9.17) is 4.74 Å². The van der Waals surface area contributed by atoms with Crippen LogP contribution in [0.4, 0.5) is 0 Å². The maximum absolute atomic E-state index is 10.5. The van der Waals surface area contributed by atoms with Gasteiger partial charge in [-0.2, -0.15) is 0 Å². The zero-order chi connectivity index (χ0) is 14.8. The Bertz CT molecular complexity index is 444. The fourth-order valence-electron chi connectivity index (χ4n) is 3.42. The summed E-state index contributed by atoms with van der Waals surface area (Å²) < 4.78 is 5.55. The minimum Gasteiger partial charge on any atom is -0.492 e. The second-order valence-corrected chi connectivity index (χ2v) is 6.66. The van der Waals surface area contributed by atoms with E-state index in [1.165, 1.54) is 6.42 Å². The molecule has 2 rings (SSSR count). The third-order valence-electron chi connectivity index (χ3n) is 4.77. The molecule has 3 atom stereocenters. The van der Waals surface area contributed by atoms with E-state index in [0.29, 0.717) is 12.5 Å². The van der Waals surface area contributed by atoms with Crippen LogP contribution in [-0.2, 0) is 5.41 Å². The van der Waals surface area contributed by atoms with Crippen molar-refractivity contribution in [1.82, 2.24) is 4.98 Å². The molecule has 1 aromatic rings. The maximum Gasteiger partial charge on any atom is 0.137 e. The summed E-state index contributed by atoms with van der Waals surface area (Å²) in [6.07, 6.45) is 6.63. The van der Waals surface area contributed by atoms with Gasteiger partial charge in [0.05, 0.1) is 18.9 Å². The number of hydrogen-bond acceptors (Lipinski definition) is 3. The van der Waals surface area contributed by atoms with E-state index in [-0.39, 0.29) is 17.4 Å². The molecule has 1 N–H and O–H groups in total. The minimum atomic E-state index is -0.218. The Kier molecular flexibility index (Phi) is 4.69. The molecule has 1 fully saturated rings. The Morgan fingerprint density at radius 3 is 2.75 bits per heavy atom. The molecule has 20 heavy (non-hydrogen) atoms. The minimum absolute atomic E-state index is 0.0837. The lowest BCUT2D eigenvalue weighted by atomic mass is 9.65. The quantitative estimate of drug-likeness (QED) is 0.915.